The van der Waals surface area contributed by atoms with Crippen molar-refractivity contribution in [1.29, 1.82) is 0 Å². The highest BCUT2D eigenvalue weighted by Gasteiger charge is 2.07. The number of carbonyl (C=O) groups is 1. The molecule has 2 N–H and O–H groups in total. The Morgan fingerprint density at radius 2 is 2.12 bits per heavy atom. The molecule has 0 saturated heterocycles. The minimum atomic E-state index is -0.918. The van der Waals surface area contributed by atoms with Gasteiger partial charge in [-0.05, 0) is 19.1 Å². The third-order valence-corrected chi connectivity index (χ3v) is 1.99. The van der Waals surface area contributed by atoms with Gasteiger partial charge in [-0.2, -0.15) is 0 Å². The average Bonchev–Trinajstić information content (AvgIpc) is 2.25. The third-order valence-electron chi connectivity index (χ3n) is 1.99. The van der Waals surface area contributed by atoms with Gasteiger partial charge < -0.3 is 10.6 Å². The standard InChI is InChI=1S/C11H14F2N2O/c1-2-14-10(16)6-7-15-9-5-3-4-8(12)11(9)13/h3-5,15H,2,6-7H2,1H3,(H,14,16). The molecule has 0 saturated carbocycles. The number of rotatable bonds is 5. The lowest BCUT2D eigenvalue weighted by Crippen LogP contribution is -2.24. The molecule has 1 rings (SSSR count). The van der Waals surface area contributed by atoms with Gasteiger partial charge in [0.15, 0.2) is 11.6 Å². The summed E-state index contributed by atoms with van der Waals surface area (Å²) in [6.07, 6.45) is 0.226. The topological polar surface area (TPSA) is 41.1 Å². The Morgan fingerprint density at radius 1 is 1.38 bits per heavy atom. The molecule has 5 heteroatoms. The summed E-state index contributed by atoms with van der Waals surface area (Å²) < 4.78 is 25.9. The molecule has 16 heavy (non-hydrogen) atoms. The molecule has 0 fully saturated rings. The molecule has 0 radical (unpaired) electrons. The maximum atomic E-state index is 13.1. The summed E-state index contributed by atoms with van der Waals surface area (Å²) in [6, 6.07) is 3.88. The second-order valence-corrected chi connectivity index (χ2v) is 3.23. The van der Waals surface area contributed by atoms with Gasteiger partial charge in [-0.3, -0.25) is 4.79 Å². The summed E-state index contributed by atoms with van der Waals surface area (Å²) in [5.41, 5.74) is 0.0734. The van der Waals surface area contributed by atoms with Crippen LogP contribution >= 0.6 is 0 Å². The van der Waals surface area contributed by atoms with Gasteiger partial charge >= 0.3 is 0 Å². The van der Waals surface area contributed by atoms with Crippen LogP contribution in [0.1, 0.15) is 13.3 Å². The predicted molar refractivity (Wildman–Crippen MR) is 58.1 cm³/mol. The van der Waals surface area contributed by atoms with Gasteiger partial charge in [0.1, 0.15) is 0 Å². The van der Waals surface area contributed by atoms with E-state index >= 15 is 0 Å². The van der Waals surface area contributed by atoms with Crippen LogP contribution in [-0.2, 0) is 4.79 Å². The van der Waals surface area contributed by atoms with Crippen LogP contribution < -0.4 is 10.6 Å². The summed E-state index contributed by atoms with van der Waals surface area (Å²) in [6.45, 7) is 2.65. The second-order valence-electron chi connectivity index (χ2n) is 3.23. The Morgan fingerprint density at radius 3 is 2.81 bits per heavy atom. The molecule has 0 atom stereocenters. The molecule has 0 unspecified atom stereocenters. The number of anilines is 1. The Kier molecular flexibility index (Phi) is 4.69. The number of amides is 1. The largest absolute Gasteiger partial charge is 0.382 e. The monoisotopic (exact) mass is 228 g/mol. The number of carbonyl (C=O) groups excluding carboxylic acids is 1. The molecule has 1 aromatic carbocycles. The molecule has 88 valence electrons. The molecule has 0 aliphatic heterocycles. The van der Waals surface area contributed by atoms with Crippen LogP contribution in [-0.4, -0.2) is 19.0 Å². The van der Waals surface area contributed by atoms with E-state index in [2.05, 4.69) is 10.6 Å². The van der Waals surface area contributed by atoms with Crippen LogP contribution in [0.3, 0.4) is 0 Å². The molecule has 0 aliphatic rings. The van der Waals surface area contributed by atoms with E-state index in [0.29, 0.717) is 6.54 Å². The van der Waals surface area contributed by atoms with E-state index in [9.17, 15) is 13.6 Å². The number of benzene rings is 1. The maximum absolute atomic E-state index is 13.1. The van der Waals surface area contributed by atoms with Gasteiger partial charge in [-0.1, -0.05) is 6.07 Å². The molecular weight excluding hydrogens is 214 g/mol. The van der Waals surface area contributed by atoms with Gasteiger partial charge in [-0.15, -0.1) is 0 Å². The van der Waals surface area contributed by atoms with E-state index in [0.717, 1.165) is 6.07 Å². The Bertz CT molecular complexity index is 369. The summed E-state index contributed by atoms with van der Waals surface area (Å²) >= 11 is 0. The second kappa shape index (κ2) is 6.05. The van der Waals surface area contributed by atoms with Gasteiger partial charge in [0, 0.05) is 19.5 Å². The van der Waals surface area contributed by atoms with Crippen LogP contribution in [0.2, 0.25) is 0 Å². The van der Waals surface area contributed by atoms with Crippen molar-refractivity contribution in [2.24, 2.45) is 0 Å². The zero-order valence-corrected chi connectivity index (χ0v) is 9.02. The summed E-state index contributed by atoms with van der Waals surface area (Å²) in [4.78, 5) is 11.1. The fraction of sp³-hybridized carbons (Fsp3) is 0.364. The molecule has 0 aromatic heterocycles. The zero-order valence-electron chi connectivity index (χ0n) is 9.02. The quantitative estimate of drug-likeness (QED) is 0.808. The van der Waals surface area contributed by atoms with Gasteiger partial charge in [0.25, 0.3) is 0 Å². The first-order valence-corrected chi connectivity index (χ1v) is 5.09. The van der Waals surface area contributed by atoms with Crippen molar-refractivity contribution in [3.63, 3.8) is 0 Å². The number of hydrogen-bond acceptors (Lipinski definition) is 2. The Labute approximate surface area is 92.8 Å². The highest BCUT2D eigenvalue weighted by Crippen LogP contribution is 2.16. The van der Waals surface area contributed by atoms with E-state index in [4.69, 9.17) is 0 Å². The molecule has 1 amide bonds. The number of hydrogen-bond donors (Lipinski definition) is 2. The lowest BCUT2D eigenvalue weighted by Gasteiger charge is -2.07. The SMILES string of the molecule is CCNC(=O)CCNc1cccc(F)c1F. The Balaban J connectivity index is 2.43. The zero-order chi connectivity index (χ0) is 12.0. The average molecular weight is 228 g/mol. The minimum absolute atomic E-state index is 0.0734. The lowest BCUT2D eigenvalue weighted by molar-refractivity contribution is -0.120. The third kappa shape index (κ3) is 3.49. The Hall–Kier alpha value is -1.65. The van der Waals surface area contributed by atoms with E-state index in [1.165, 1.54) is 12.1 Å². The first-order valence-electron chi connectivity index (χ1n) is 5.09. The fourth-order valence-corrected chi connectivity index (χ4v) is 1.24. The number of nitrogens with one attached hydrogen (secondary N) is 2. The minimum Gasteiger partial charge on any atom is -0.382 e. The van der Waals surface area contributed by atoms with Crippen LogP contribution in [0.5, 0.6) is 0 Å². The fourth-order valence-electron chi connectivity index (χ4n) is 1.24. The van der Waals surface area contributed by atoms with Crippen LogP contribution in [0.25, 0.3) is 0 Å². The van der Waals surface area contributed by atoms with Gasteiger partial charge in [-0.25, -0.2) is 8.78 Å². The first-order chi connectivity index (χ1) is 7.65. The molecule has 1 aromatic rings. The van der Waals surface area contributed by atoms with Crippen molar-refractivity contribution in [3.8, 4) is 0 Å². The molecule has 0 spiro atoms. The van der Waals surface area contributed by atoms with Gasteiger partial charge in [0.2, 0.25) is 5.91 Å². The normalized spacial score (nSPS) is 9.94. The van der Waals surface area contributed by atoms with Crippen LogP contribution in [0.4, 0.5) is 14.5 Å². The molecule has 0 heterocycles. The molecule has 0 aliphatic carbocycles. The molecule has 3 nitrogen and oxygen atoms in total. The highest BCUT2D eigenvalue weighted by atomic mass is 19.2. The first kappa shape index (κ1) is 12.4. The molecule has 0 bridgehead atoms. The maximum Gasteiger partial charge on any atom is 0.221 e. The van der Waals surface area contributed by atoms with Crippen molar-refractivity contribution in [1.82, 2.24) is 5.32 Å². The lowest BCUT2D eigenvalue weighted by atomic mass is 10.3. The van der Waals surface area contributed by atoms with Crippen LogP contribution in [0.15, 0.2) is 18.2 Å². The van der Waals surface area contributed by atoms with Crippen molar-refractivity contribution < 1.29 is 13.6 Å². The summed E-state index contributed by atoms with van der Waals surface area (Å²) in [5.74, 6) is -1.94. The predicted octanol–water partition coefficient (Wildman–Crippen LogP) is 1.90. The van der Waals surface area contributed by atoms with Crippen molar-refractivity contribution in [2.75, 3.05) is 18.4 Å². The summed E-state index contributed by atoms with van der Waals surface area (Å²) in [7, 11) is 0. The summed E-state index contributed by atoms with van der Waals surface area (Å²) in [5, 5.41) is 5.28. The molecular formula is C11H14F2N2O. The van der Waals surface area contributed by atoms with Crippen molar-refractivity contribution >= 4 is 11.6 Å². The van der Waals surface area contributed by atoms with Gasteiger partial charge in [0.05, 0.1) is 5.69 Å². The van der Waals surface area contributed by atoms with Crippen LogP contribution in [0, 0.1) is 11.6 Å². The van der Waals surface area contributed by atoms with Crippen molar-refractivity contribution in [3.05, 3.63) is 29.8 Å². The van der Waals surface area contributed by atoms with Crippen molar-refractivity contribution in [2.45, 2.75) is 13.3 Å². The smallest absolute Gasteiger partial charge is 0.221 e. The number of halogens is 2. The van der Waals surface area contributed by atoms with E-state index < -0.39 is 11.6 Å². The highest BCUT2D eigenvalue weighted by molar-refractivity contribution is 5.76. The van der Waals surface area contributed by atoms with E-state index in [-0.39, 0.29) is 24.6 Å². The van der Waals surface area contributed by atoms with E-state index in [1.54, 1.807) is 0 Å². The van der Waals surface area contributed by atoms with E-state index in [1.807, 2.05) is 6.92 Å².